The number of carbonyl (C=O) groups excluding carboxylic acids is 1. The van der Waals surface area contributed by atoms with E-state index in [1.165, 1.54) is 22.9 Å². The van der Waals surface area contributed by atoms with E-state index in [0.717, 1.165) is 10.8 Å². The second-order valence-corrected chi connectivity index (χ2v) is 6.65. The van der Waals surface area contributed by atoms with E-state index < -0.39 is 0 Å². The number of hydrogen-bond acceptors (Lipinski definition) is 5. The van der Waals surface area contributed by atoms with Gasteiger partial charge in [-0.25, -0.2) is 4.98 Å². The second kappa shape index (κ2) is 8.10. The van der Waals surface area contributed by atoms with E-state index in [4.69, 9.17) is 9.47 Å². The summed E-state index contributed by atoms with van der Waals surface area (Å²) in [5, 5.41) is 0.746. The number of methoxy groups -OCH3 is 1. The molecule has 0 amide bonds. The fraction of sp³-hybridized carbons (Fsp3) is 0.200. The summed E-state index contributed by atoms with van der Waals surface area (Å²) in [6.07, 6.45) is 3.63. The molecule has 0 saturated heterocycles. The zero-order chi connectivity index (χ0) is 18.5. The van der Waals surface area contributed by atoms with Crippen LogP contribution in [0.1, 0.15) is 11.1 Å². The highest BCUT2D eigenvalue weighted by Crippen LogP contribution is 2.27. The quantitative estimate of drug-likeness (QED) is 0.371. The number of para-hydroxylation sites is 2. The molecule has 3 aromatic rings. The summed E-state index contributed by atoms with van der Waals surface area (Å²) in [5.74, 6) is 0.746. The number of aromatic nitrogens is 2. The Morgan fingerprint density at radius 1 is 1.12 bits per heavy atom. The molecule has 0 aliphatic carbocycles. The first-order valence-electron chi connectivity index (χ1n) is 8.16. The van der Waals surface area contributed by atoms with E-state index in [-0.39, 0.29) is 11.7 Å². The second-order valence-electron chi connectivity index (χ2n) is 5.71. The van der Waals surface area contributed by atoms with Crippen LogP contribution in [0.5, 0.6) is 11.5 Å². The first kappa shape index (κ1) is 18.1. The molecule has 0 radical (unpaired) electrons. The van der Waals surface area contributed by atoms with Crippen LogP contribution in [0.15, 0.2) is 60.0 Å². The van der Waals surface area contributed by atoms with E-state index in [0.29, 0.717) is 11.5 Å². The summed E-state index contributed by atoms with van der Waals surface area (Å²) >= 11 is 1.34. The average Bonchev–Trinajstić information content (AvgIpc) is 3.11. The van der Waals surface area contributed by atoms with E-state index in [9.17, 15) is 4.79 Å². The minimum atomic E-state index is -0.352. The third kappa shape index (κ3) is 3.91. The molecule has 1 heterocycles. The number of ether oxygens (including phenoxy) is 2. The summed E-state index contributed by atoms with van der Waals surface area (Å²) < 4.78 is 12.6. The number of benzene rings is 2. The Hall–Kier alpha value is -2.73. The van der Waals surface area contributed by atoms with Gasteiger partial charge in [0.2, 0.25) is 0 Å². The number of carbonyl (C=O) groups is 1. The van der Waals surface area contributed by atoms with Gasteiger partial charge in [-0.1, -0.05) is 36.0 Å². The lowest BCUT2D eigenvalue weighted by atomic mass is 10.1. The van der Waals surface area contributed by atoms with Gasteiger partial charge in [-0.15, -0.1) is 0 Å². The molecular weight excluding hydrogens is 348 g/mol. The Kier molecular flexibility index (Phi) is 5.63. The van der Waals surface area contributed by atoms with Gasteiger partial charge in [0, 0.05) is 12.4 Å². The Morgan fingerprint density at radius 3 is 2.65 bits per heavy atom. The molecule has 0 saturated carbocycles. The monoisotopic (exact) mass is 368 g/mol. The van der Waals surface area contributed by atoms with Crippen molar-refractivity contribution in [2.24, 2.45) is 0 Å². The molecule has 0 unspecified atom stereocenters. The van der Waals surface area contributed by atoms with Crippen molar-refractivity contribution in [1.82, 2.24) is 9.55 Å². The summed E-state index contributed by atoms with van der Waals surface area (Å²) in [7, 11) is 1.54. The fourth-order valence-electron chi connectivity index (χ4n) is 2.56. The van der Waals surface area contributed by atoms with Crippen LogP contribution in [0.4, 0.5) is 0 Å². The summed E-state index contributed by atoms with van der Waals surface area (Å²) in [6.45, 7) is 4.16. The molecule has 3 rings (SSSR count). The SMILES string of the molecule is COc1ccccc1OC(=O)CSc1nccn1-c1cccc(C)c1C. The lowest BCUT2D eigenvalue weighted by Gasteiger charge is -2.12. The number of esters is 1. The average molecular weight is 368 g/mol. The normalized spacial score (nSPS) is 10.6. The molecule has 0 spiro atoms. The van der Waals surface area contributed by atoms with Crippen molar-refractivity contribution >= 4 is 17.7 Å². The van der Waals surface area contributed by atoms with Crippen LogP contribution in [-0.4, -0.2) is 28.4 Å². The van der Waals surface area contributed by atoms with Crippen LogP contribution in [-0.2, 0) is 4.79 Å². The Labute approximate surface area is 157 Å². The van der Waals surface area contributed by atoms with Crippen LogP contribution in [0.25, 0.3) is 5.69 Å². The molecule has 0 aliphatic rings. The number of nitrogens with zero attached hydrogens (tertiary/aromatic N) is 2. The molecule has 2 aromatic carbocycles. The number of rotatable bonds is 6. The number of hydrogen-bond donors (Lipinski definition) is 0. The van der Waals surface area contributed by atoms with Gasteiger partial charge in [-0.05, 0) is 43.2 Å². The van der Waals surface area contributed by atoms with Crippen molar-refractivity contribution < 1.29 is 14.3 Å². The topological polar surface area (TPSA) is 53.4 Å². The molecule has 1 aromatic heterocycles. The molecule has 0 atom stereocenters. The van der Waals surface area contributed by atoms with Crippen LogP contribution >= 0.6 is 11.8 Å². The van der Waals surface area contributed by atoms with Crippen molar-refractivity contribution in [1.29, 1.82) is 0 Å². The highest BCUT2D eigenvalue weighted by Gasteiger charge is 2.14. The summed E-state index contributed by atoms with van der Waals surface area (Å²) in [4.78, 5) is 16.6. The zero-order valence-corrected chi connectivity index (χ0v) is 15.7. The third-order valence-electron chi connectivity index (χ3n) is 4.05. The number of thioether (sulfide) groups is 1. The molecule has 0 N–H and O–H groups in total. The highest BCUT2D eigenvalue weighted by atomic mass is 32.2. The molecule has 0 aliphatic heterocycles. The molecular formula is C20H20N2O3S. The van der Waals surface area contributed by atoms with Gasteiger partial charge in [0.05, 0.1) is 18.6 Å². The minimum absolute atomic E-state index is 0.153. The molecule has 6 heteroatoms. The van der Waals surface area contributed by atoms with E-state index in [1.807, 2.05) is 29.0 Å². The van der Waals surface area contributed by atoms with Crippen molar-refractivity contribution in [2.45, 2.75) is 19.0 Å². The smallest absolute Gasteiger partial charge is 0.321 e. The lowest BCUT2D eigenvalue weighted by Crippen LogP contribution is -2.12. The Bertz CT molecular complexity index is 921. The third-order valence-corrected chi connectivity index (χ3v) is 4.99. The number of imidazole rings is 1. The van der Waals surface area contributed by atoms with Gasteiger partial charge in [-0.3, -0.25) is 9.36 Å². The highest BCUT2D eigenvalue weighted by molar-refractivity contribution is 7.99. The van der Waals surface area contributed by atoms with Crippen molar-refractivity contribution in [3.05, 3.63) is 66.0 Å². The first-order chi connectivity index (χ1) is 12.6. The minimum Gasteiger partial charge on any atom is -0.493 e. The van der Waals surface area contributed by atoms with E-state index in [1.54, 1.807) is 31.5 Å². The van der Waals surface area contributed by atoms with E-state index >= 15 is 0 Å². The van der Waals surface area contributed by atoms with Crippen molar-refractivity contribution in [3.8, 4) is 17.2 Å². The van der Waals surface area contributed by atoms with Crippen LogP contribution < -0.4 is 9.47 Å². The summed E-state index contributed by atoms with van der Waals surface area (Å²) in [6, 6.07) is 13.2. The van der Waals surface area contributed by atoms with Crippen molar-refractivity contribution in [3.63, 3.8) is 0 Å². The largest absolute Gasteiger partial charge is 0.493 e. The number of aryl methyl sites for hydroxylation is 1. The molecule has 0 fully saturated rings. The first-order valence-corrected chi connectivity index (χ1v) is 9.15. The molecule has 26 heavy (non-hydrogen) atoms. The lowest BCUT2D eigenvalue weighted by molar-refractivity contribution is -0.131. The van der Waals surface area contributed by atoms with Crippen LogP contribution in [0.3, 0.4) is 0 Å². The maximum Gasteiger partial charge on any atom is 0.321 e. The van der Waals surface area contributed by atoms with Crippen LogP contribution in [0, 0.1) is 13.8 Å². The Balaban J connectivity index is 1.70. The zero-order valence-electron chi connectivity index (χ0n) is 14.9. The van der Waals surface area contributed by atoms with Gasteiger partial charge in [0.1, 0.15) is 0 Å². The van der Waals surface area contributed by atoms with Gasteiger partial charge >= 0.3 is 5.97 Å². The fourth-order valence-corrected chi connectivity index (χ4v) is 3.29. The van der Waals surface area contributed by atoms with Gasteiger partial charge in [0.25, 0.3) is 0 Å². The predicted octanol–water partition coefficient (Wildman–Crippen LogP) is 4.20. The maximum absolute atomic E-state index is 12.2. The van der Waals surface area contributed by atoms with Gasteiger partial charge in [-0.2, -0.15) is 0 Å². The molecule has 5 nitrogen and oxygen atoms in total. The maximum atomic E-state index is 12.2. The Morgan fingerprint density at radius 2 is 1.88 bits per heavy atom. The molecule has 134 valence electrons. The molecule has 0 bridgehead atoms. The van der Waals surface area contributed by atoms with Gasteiger partial charge in [0.15, 0.2) is 16.7 Å². The van der Waals surface area contributed by atoms with Crippen molar-refractivity contribution in [2.75, 3.05) is 12.9 Å². The summed E-state index contributed by atoms with van der Waals surface area (Å²) in [5.41, 5.74) is 3.45. The predicted molar refractivity (Wildman–Crippen MR) is 102 cm³/mol. The van der Waals surface area contributed by atoms with E-state index in [2.05, 4.69) is 24.9 Å². The van der Waals surface area contributed by atoms with Gasteiger partial charge < -0.3 is 9.47 Å². The van der Waals surface area contributed by atoms with Crippen LogP contribution in [0.2, 0.25) is 0 Å². The standard InChI is InChI=1S/C20H20N2O3S/c1-14-7-6-8-16(15(14)2)22-12-11-21-20(22)26-13-19(23)25-18-10-5-4-9-17(18)24-3/h4-12H,13H2,1-3H3.